The number of nitrogens with one attached hydrogen (secondary N) is 1. The van der Waals surface area contributed by atoms with E-state index in [4.69, 9.17) is 4.74 Å². The van der Waals surface area contributed by atoms with Crippen LogP contribution >= 0.6 is 0 Å². The summed E-state index contributed by atoms with van der Waals surface area (Å²) in [7, 11) is 0. The summed E-state index contributed by atoms with van der Waals surface area (Å²) in [5.74, 6) is 0.0844. The molecule has 0 bridgehead atoms. The molecule has 1 N–H and O–H groups in total. The van der Waals surface area contributed by atoms with Crippen LogP contribution in [0.5, 0.6) is 0 Å². The van der Waals surface area contributed by atoms with Gasteiger partial charge >= 0.3 is 0 Å². The van der Waals surface area contributed by atoms with Gasteiger partial charge in [-0.3, -0.25) is 14.4 Å². The second kappa shape index (κ2) is 11.6. The zero-order valence-corrected chi connectivity index (χ0v) is 22.7. The van der Waals surface area contributed by atoms with E-state index in [0.29, 0.717) is 38.4 Å². The second-order valence-electron chi connectivity index (χ2n) is 10.5. The van der Waals surface area contributed by atoms with Gasteiger partial charge in [0, 0.05) is 61.9 Å². The summed E-state index contributed by atoms with van der Waals surface area (Å²) in [5.41, 5.74) is 4.61. The predicted octanol–water partition coefficient (Wildman–Crippen LogP) is 3.89. The van der Waals surface area contributed by atoms with Crippen LogP contribution in [0.4, 0.5) is 22.7 Å². The van der Waals surface area contributed by atoms with E-state index in [2.05, 4.69) is 10.2 Å². The Hall–Kier alpha value is -4.11. The average molecular weight is 542 g/mol. The van der Waals surface area contributed by atoms with E-state index in [1.807, 2.05) is 70.5 Å². The fourth-order valence-electron chi connectivity index (χ4n) is 5.77. The Labute approximate surface area is 234 Å². The first kappa shape index (κ1) is 26.1. The van der Waals surface area contributed by atoms with Gasteiger partial charge in [-0.15, -0.1) is 0 Å². The van der Waals surface area contributed by atoms with Gasteiger partial charge < -0.3 is 29.7 Å². The molecule has 0 spiro atoms. The third-order valence-electron chi connectivity index (χ3n) is 7.94. The third kappa shape index (κ3) is 5.34. The molecular formula is C31H35N5O4. The topological polar surface area (TPSA) is 85.4 Å². The van der Waals surface area contributed by atoms with Crippen LogP contribution in [0.3, 0.4) is 0 Å². The zero-order chi connectivity index (χ0) is 27.5. The molecule has 6 rings (SSSR count). The van der Waals surface area contributed by atoms with Crippen LogP contribution in [0.1, 0.15) is 32.1 Å². The van der Waals surface area contributed by atoms with Gasteiger partial charge in [0.25, 0.3) is 11.8 Å². The maximum absolute atomic E-state index is 13.4. The molecule has 3 amide bonds. The van der Waals surface area contributed by atoms with Crippen molar-refractivity contribution in [1.29, 1.82) is 0 Å². The molecule has 0 aliphatic carbocycles. The molecule has 208 valence electrons. The van der Waals surface area contributed by atoms with Gasteiger partial charge in [-0.1, -0.05) is 12.2 Å². The maximum Gasteiger partial charge on any atom is 0.274 e. The van der Waals surface area contributed by atoms with Crippen molar-refractivity contribution in [1.82, 2.24) is 4.90 Å². The van der Waals surface area contributed by atoms with E-state index >= 15 is 0 Å². The lowest BCUT2D eigenvalue weighted by molar-refractivity contribution is -0.119. The van der Waals surface area contributed by atoms with Gasteiger partial charge in [0.1, 0.15) is 5.70 Å². The number of piperidine rings is 1. The highest BCUT2D eigenvalue weighted by atomic mass is 16.5. The molecule has 0 atom stereocenters. The smallest absolute Gasteiger partial charge is 0.274 e. The first-order valence-corrected chi connectivity index (χ1v) is 14.2. The maximum atomic E-state index is 13.4. The summed E-state index contributed by atoms with van der Waals surface area (Å²) < 4.78 is 5.44. The average Bonchev–Trinajstić information content (AvgIpc) is 3.00. The normalized spacial score (nSPS) is 20.4. The number of hydrogen-bond acceptors (Lipinski definition) is 6. The number of amides is 3. The quantitative estimate of drug-likeness (QED) is 0.598. The number of anilines is 4. The van der Waals surface area contributed by atoms with E-state index in [-0.39, 0.29) is 17.7 Å². The van der Waals surface area contributed by atoms with Crippen LogP contribution in [-0.4, -0.2) is 68.6 Å². The lowest BCUT2D eigenvalue weighted by atomic mass is 10.1. The summed E-state index contributed by atoms with van der Waals surface area (Å²) in [6.45, 7) is 4.73. The van der Waals surface area contributed by atoms with E-state index in [9.17, 15) is 14.4 Å². The largest absolute Gasteiger partial charge is 0.378 e. The van der Waals surface area contributed by atoms with Gasteiger partial charge in [-0.05, 0) is 74.2 Å². The van der Waals surface area contributed by atoms with Gasteiger partial charge in [0.15, 0.2) is 0 Å². The van der Waals surface area contributed by atoms with Crippen molar-refractivity contribution in [2.45, 2.75) is 32.1 Å². The molecule has 9 nitrogen and oxygen atoms in total. The van der Waals surface area contributed by atoms with Gasteiger partial charge in [0.05, 0.1) is 18.9 Å². The molecule has 2 aromatic rings. The van der Waals surface area contributed by atoms with Crippen LogP contribution in [-0.2, 0) is 19.1 Å². The monoisotopic (exact) mass is 541 g/mol. The van der Waals surface area contributed by atoms with Crippen molar-refractivity contribution in [3.05, 3.63) is 72.1 Å². The first-order chi connectivity index (χ1) is 19.6. The molecule has 9 heteroatoms. The molecule has 0 saturated carbocycles. The number of nitrogens with zero attached hydrogens (tertiary/aromatic N) is 4. The molecule has 2 saturated heterocycles. The Morgan fingerprint density at radius 1 is 0.625 bits per heavy atom. The minimum atomic E-state index is -0.0939. The van der Waals surface area contributed by atoms with Crippen molar-refractivity contribution >= 4 is 40.5 Å². The Bertz CT molecular complexity index is 1330. The summed E-state index contributed by atoms with van der Waals surface area (Å²) >= 11 is 0. The Morgan fingerprint density at radius 3 is 1.90 bits per heavy atom. The first-order valence-electron chi connectivity index (χ1n) is 14.2. The van der Waals surface area contributed by atoms with Crippen molar-refractivity contribution in [3.63, 3.8) is 0 Å². The lowest BCUT2D eigenvalue weighted by Crippen LogP contribution is -2.45. The molecule has 0 unspecified atom stereocenters. The zero-order valence-electron chi connectivity index (χ0n) is 22.7. The third-order valence-corrected chi connectivity index (χ3v) is 7.94. The van der Waals surface area contributed by atoms with Gasteiger partial charge in [-0.25, -0.2) is 0 Å². The minimum absolute atomic E-state index is 0.0188. The minimum Gasteiger partial charge on any atom is -0.378 e. The molecule has 4 heterocycles. The van der Waals surface area contributed by atoms with Crippen molar-refractivity contribution in [2.24, 2.45) is 0 Å². The van der Waals surface area contributed by atoms with Crippen LogP contribution in [0.25, 0.3) is 0 Å². The van der Waals surface area contributed by atoms with Crippen molar-refractivity contribution in [3.8, 4) is 0 Å². The second-order valence-corrected chi connectivity index (χ2v) is 10.5. The number of morpholine rings is 1. The van der Waals surface area contributed by atoms with Crippen molar-refractivity contribution < 1.29 is 19.1 Å². The summed E-state index contributed by atoms with van der Waals surface area (Å²) in [4.78, 5) is 46.4. The van der Waals surface area contributed by atoms with Gasteiger partial charge in [0.2, 0.25) is 5.91 Å². The van der Waals surface area contributed by atoms with Gasteiger partial charge in [-0.2, -0.15) is 0 Å². The SMILES string of the molecule is O=C1CCCCN1c1ccc(N2CCC=C(Nc3ccc(N4CCC=C(N5CCOCC5)C4=O)cc3)C2=O)cc1. The van der Waals surface area contributed by atoms with Crippen LogP contribution in [0, 0.1) is 0 Å². The Balaban J connectivity index is 1.10. The Kier molecular flexibility index (Phi) is 7.55. The molecular weight excluding hydrogens is 506 g/mol. The molecule has 2 aromatic carbocycles. The highest BCUT2D eigenvalue weighted by molar-refractivity contribution is 6.09. The summed E-state index contributed by atoms with van der Waals surface area (Å²) in [6.07, 6.45) is 8.06. The van der Waals surface area contributed by atoms with E-state index in [0.717, 1.165) is 73.8 Å². The molecule has 40 heavy (non-hydrogen) atoms. The molecule has 4 aliphatic rings. The number of carbonyl (C=O) groups is 3. The fourth-order valence-corrected chi connectivity index (χ4v) is 5.77. The number of hydrogen-bond donors (Lipinski definition) is 1. The van der Waals surface area contributed by atoms with Crippen molar-refractivity contribution in [2.75, 3.05) is 66.0 Å². The van der Waals surface area contributed by atoms with Crippen LogP contribution in [0.15, 0.2) is 72.1 Å². The highest BCUT2D eigenvalue weighted by Crippen LogP contribution is 2.29. The standard InChI is InChI=1S/C31H35N5O4/c37-29-7-1-2-16-34(29)24-12-14-26(15-13-24)35-17-3-5-27(30(35)38)32-23-8-10-25(11-9-23)36-18-4-6-28(31(36)39)33-19-21-40-22-20-33/h5-6,8-15,32H,1-4,7,16-22H2. The lowest BCUT2D eigenvalue weighted by Gasteiger charge is -2.35. The molecule has 0 aromatic heterocycles. The highest BCUT2D eigenvalue weighted by Gasteiger charge is 2.29. The summed E-state index contributed by atoms with van der Waals surface area (Å²) in [5, 5.41) is 3.28. The molecule has 2 fully saturated rings. The number of ether oxygens (including phenoxy) is 1. The number of benzene rings is 2. The van der Waals surface area contributed by atoms with E-state index in [1.165, 1.54) is 0 Å². The van der Waals surface area contributed by atoms with E-state index < -0.39 is 0 Å². The number of rotatable bonds is 6. The molecule has 4 aliphatic heterocycles. The predicted molar refractivity (Wildman–Crippen MR) is 155 cm³/mol. The fraction of sp³-hybridized carbons (Fsp3) is 0.387. The van der Waals surface area contributed by atoms with E-state index in [1.54, 1.807) is 4.90 Å². The van der Waals surface area contributed by atoms with Crippen LogP contribution in [0.2, 0.25) is 0 Å². The summed E-state index contributed by atoms with van der Waals surface area (Å²) in [6, 6.07) is 15.4. The number of carbonyl (C=O) groups excluding carboxylic acids is 3. The molecule has 0 radical (unpaired) electrons. The Morgan fingerprint density at radius 2 is 1.23 bits per heavy atom. The van der Waals surface area contributed by atoms with Crippen LogP contribution < -0.4 is 20.0 Å².